The average Bonchev–Trinajstić information content (AvgIpc) is 2.81. The maximum absolute atomic E-state index is 12.1. The Morgan fingerprint density at radius 2 is 2.39 bits per heavy atom. The van der Waals surface area contributed by atoms with E-state index in [0.717, 1.165) is 31.1 Å². The number of carbonyl (C=O) groups is 1. The zero-order chi connectivity index (χ0) is 13.0. The second kappa shape index (κ2) is 5.82. The Bertz CT molecular complexity index is 428. The molecule has 1 amide bonds. The molecule has 1 unspecified atom stereocenters. The molecule has 1 aliphatic rings. The topological polar surface area (TPSA) is 63.2 Å². The smallest absolute Gasteiger partial charge is 0.251 e. The van der Waals surface area contributed by atoms with E-state index in [1.165, 1.54) is 0 Å². The Kier molecular flexibility index (Phi) is 4.15. The lowest BCUT2D eigenvalue weighted by atomic mass is 10.2. The second-order valence-electron chi connectivity index (χ2n) is 4.45. The van der Waals surface area contributed by atoms with E-state index in [4.69, 9.17) is 4.74 Å². The maximum atomic E-state index is 12.1. The molecule has 1 fully saturated rings. The molecular formula is C13H19N3O2. The summed E-state index contributed by atoms with van der Waals surface area (Å²) >= 11 is 0. The molecule has 1 aromatic rings. The van der Waals surface area contributed by atoms with Crippen LogP contribution in [0.3, 0.4) is 0 Å². The van der Waals surface area contributed by atoms with E-state index in [1.807, 2.05) is 13.8 Å². The SMILES string of the molecule is CCNc1cc(C(=O)NC2CCOC2)cc(C)n1. The molecule has 1 aliphatic heterocycles. The number of amides is 1. The first kappa shape index (κ1) is 12.8. The fraction of sp³-hybridized carbons (Fsp3) is 0.538. The van der Waals surface area contributed by atoms with Crippen molar-refractivity contribution in [3.8, 4) is 0 Å². The highest BCUT2D eigenvalue weighted by molar-refractivity contribution is 5.95. The molecule has 0 bridgehead atoms. The summed E-state index contributed by atoms with van der Waals surface area (Å²) < 4.78 is 5.24. The molecule has 98 valence electrons. The zero-order valence-corrected chi connectivity index (χ0v) is 10.8. The van der Waals surface area contributed by atoms with Crippen molar-refractivity contribution in [1.82, 2.24) is 10.3 Å². The number of aromatic nitrogens is 1. The average molecular weight is 249 g/mol. The van der Waals surface area contributed by atoms with Gasteiger partial charge in [0.05, 0.1) is 12.6 Å². The molecule has 0 saturated carbocycles. The molecule has 0 aromatic carbocycles. The van der Waals surface area contributed by atoms with Crippen LogP contribution in [0.2, 0.25) is 0 Å². The van der Waals surface area contributed by atoms with E-state index in [9.17, 15) is 4.79 Å². The van der Waals surface area contributed by atoms with Gasteiger partial charge in [-0.05, 0) is 32.4 Å². The van der Waals surface area contributed by atoms with Gasteiger partial charge in [0.2, 0.25) is 0 Å². The van der Waals surface area contributed by atoms with Gasteiger partial charge < -0.3 is 15.4 Å². The minimum atomic E-state index is -0.0600. The van der Waals surface area contributed by atoms with Crippen LogP contribution in [0.5, 0.6) is 0 Å². The minimum Gasteiger partial charge on any atom is -0.379 e. The molecule has 2 N–H and O–H groups in total. The lowest BCUT2D eigenvalue weighted by Crippen LogP contribution is -2.35. The lowest BCUT2D eigenvalue weighted by Gasteiger charge is -2.12. The van der Waals surface area contributed by atoms with Crippen LogP contribution >= 0.6 is 0 Å². The summed E-state index contributed by atoms with van der Waals surface area (Å²) in [6.45, 7) is 6.00. The largest absolute Gasteiger partial charge is 0.379 e. The number of anilines is 1. The Labute approximate surface area is 107 Å². The summed E-state index contributed by atoms with van der Waals surface area (Å²) in [5.41, 5.74) is 1.48. The van der Waals surface area contributed by atoms with E-state index < -0.39 is 0 Å². The predicted molar refractivity (Wildman–Crippen MR) is 69.8 cm³/mol. The molecule has 2 heterocycles. The van der Waals surface area contributed by atoms with Gasteiger partial charge in [0.15, 0.2) is 0 Å². The Hall–Kier alpha value is -1.62. The van der Waals surface area contributed by atoms with Gasteiger partial charge in [-0.25, -0.2) is 4.98 Å². The van der Waals surface area contributed by atoms with Crippen molar-refractivity contribution in [2.24, 2.45) is 0 Å². The van der Waals surface area contributed by atoms with Crippen LogP contribution < -0.4 is 10.6 Å². The number of rotatable bonds is 4. The van der Waals surface area contributed by atoms with Crippen molar-refractivity contribution < 1.29 is 9.53 Å². The van der Waals surface area contributed by atoms with Crippen LogP contribution in [0.4, 0.5) is 5.82 Å². The van der Waals surface area contributed by atoms with E-state index in [1.54, 1.807) is 12.1 Å². The zero-order valence-electron chi connectivity index (χ0n) is 10.8. The number of aryl methyl sites for hydroxylation is 1. The number of pyridine rings is 1. The van der Waals surface area contributed by atoms with Crippen LogP contribution in [0.1, 0.15) is 29.4 Å². The number of ether oxygens (including phenoxy) is 1. The maximum Gasteiger partial charge on any atom is 0.251 e. The monoisotopic (exact) mass is 249 g/mol. The Morgan fingerprint density at radius 3 is 3.06 bits per heavy atom. The first-order valence-corrected chi connectivity index (χ1v) is 6.30. The van der Waals surface area contributed by atoms with Gasteiger partial charge in [-0.15, -0.1) is 0 Å². The van der Waals surface area contributed by atoms with Gasteiger partial charge in [-0.3, -0.25) is 4.79 Å². The third-order valence-electron chi connectivity index (χ3n) is 2.84. The van der Waals surface area contributed by atoms with Gasteiger partial charge >= 0.3 is 0 Å². The van der Waals surface area contributed by atoms with Crippen LogP contribution in [-0.2, 0) is 4.74 Å². The highest BCUT2D eigenvalue weighted by Gasteiger charge is 2.19. The van der Waals surface area contributed by atoms with Crippen molar-refractivity contribution in [3.05, 3.63) is 23.4 Å². The summed E-state index contributed by atoms with van der Waals surface area (Å²) in [5.74, 6) is 0.681. The van der Waals surface area contributed by atoms with Gasteiger partial charge in [0.25, 0.3) is 5.91 Å². The number of nitrogens with one attached hydrogen (secondary N) is 2. The first-order chi connectivity index (χ1) is 8.69. The highest BCUT2D eigenvalue weighted by Crippen LogP contribution is 2.11. The summed E-state index contributed by atoms with van der Waals surface area (Å²) in [4.78, 5) is 16.4. The fourth-order valence-corrected chi connectivity index (χ4v) is 1.99. The molecule has 0 radical (unpaired) electrons. The molecule has 1 saturated heterocycles. The molecule has 18 heavy (non-hydrogen) atoms. The first-order valence-electron chi connectivity index (χ1n) is 6.30. The van der Waals surface area contributed by atoms with Gasteiger partial charge in [-0.2, -0.15) is 0 Å². The number of hydrogen-bond acceptors (Lipinski definition) is 4. The fourth-order valence-electron chi connectivity index (χ4n) is 1.99. The molecule has 1 atom stereocenters. The lowest BCUT2D eigenvalue weighted by molar-refractivity contribution is 0.0929. The molecular weight excluding hydrogens is 230 g/mol. The molecule has 1 aromatic heterocycles. The quantitative estimate of drug-likeness (QED) is 0.845. The van der Waals surface area contributed by atoms with E-state index >= 15 is 0 Å². The van der Waals surface area contributed by atoms with Crippen LogP contribution in [-0.4, -0.2) is 36.7 Å². The second-order valence-corrected chi connectivity index (χ2v) is 4.45. The Balaban J connectivity index is 2.08. The standard InChI is InChI=1S/C13H19N3O2/c1-3-14-12-7-10(6-9(2)15-12)13(17)16-11-4-5-18-8-11/h6-7,11H,3-5,8H2,1-2H3,(H,14,15)(H,16,17). The van der Waals surface area contributed by atoms with Crippen molar-refractivity contribution >= 4 is 11.7 Å². The van der Waals surface area contributed by atoms with Crippen molar-refractivity contribution in [1.29, 1.82) is 0 Å². The van der Waals surface area contributed by atoms with E-state index in [2.05, 4.69) is 15.6 Å². The predicted octanol–water partition coefficient (Wildman–Crippen LogP) is 1.34. The summed E-state index contributed by atoms with van der Waals surface area (Å²) in [6.07, 6.45) is 0.885. The third kappa shape index (κ3) is 3.20. The van der Waals surface area contributed by atoms with Crippen LogP contribution in [0.15, 0.2) is 12.1 Å². The van der Waals surface area contributed by atoms with Crippen molar-refractivity contribution in [2.75, 3.05) is 25.1 Å². The molecule has 5 heteroatoms. The van der Waals surface area contributed by atoms with Gasteiger partial charge in [0, 0.05) is 24.4 Å². The van der Waals surface area contributed by atoms with Gasteiger partial charge in [-0.1, -0.05) is 0 Å². The highest BCUT2D eigenvalue weighted by atomic mass is 16.5. The van der Waals surface area contributed by atoms with Crippen molar-refractivity contribution in [2.45, 2.75) is 26.3 Å². The number of hydrogen-bond donors (Lipinski definition) is 2. The van der Waals surface area contributed by atoms with E-state index in [0.29, 0.717) is 12.2 Å². The van der Waals surface area contributed by atoms with E-state index in [-0.39, 0.29) is 11.9 Å². The van der Waals surface area contributed by atoms with Crippen LogP contribution in [0, 0.1) is 6.92 Å². The molecule has 0 aliphatic carbocycles. The summed E-state index contributed by atoms with van der Waals surface area (Å²) in [5, 5.41) is 6.09. The van der Waals surface area contributed by atoms with Crippen LogP contribution in [0.25, 0.3) is 0 Å². The number of nitrogens with zero attached hydrogens (tertiary/aromatic N) is 1. The van der Waals surface area contributed by atoms with Crippen molar-refractivity contribution in [3.63, 3.8) is 0 Å². The third-order valence-corrected chi connectivity index (χ3v) is 2.84. The minimum absolute atomic E-state index is 0.0600. The summed E-state index contributed by atoms with van der Waals surface area (Å²) in [6, 6.07) is 3.71. The number of carbonyl (C=O) groups excluding carboxylic acids is 1. The molecule has 5 nitrogen and oxygen atoms in total. The summed E-state index contributed by atoms with van der Waals surface area (Å²) in [7, 11) is 0. The molecule has 0 spiro atoms. The Morgan fingerprint density at radius 1 is 1.56 bits per heavy atom. The van der Waals surface area contributed by atoms with Gasteiger partial charge in [0.1, 0.15) is 5.82 Å². The molecule has 2 rings (SSSR count). The normalized spacial score (nSPS) is 18.7.